The van der Waals surface area contributed by atoms with Gasteiger partial charge in [-0.25, -0.2) is 0 Å². The van der Waals surface area contributed by atoms with Crippen LogP contribution in [0.1, 0.15) is 11.1 Å². The molecule has 0 aliphatic carbocycles. The third-order valence-corrected chi connectivity index (χ3v) is 2.71. The maximum Gasteiger partial charge on any atom is 0.182 e. The zero-order valence-corrected chi connectivity index (χ0v) is 10.2. The Bertz CT molecular complexity index is 599. The molecule has 0 fully saturated rings. The second-order valence-electron chi connectivity index (χ2n) is 4.10. The lowest BCUT2D eigenvalue weighted by atomic mass is 10.0. The van der Waals surface area contributed by atoms with Gasteiger partial charge in [-0.1, -0.05) is 6.07 Å². The average molecular weight is 229 g/mol. The zero-order chi connectivity index (χ0) is 12.4. The third kappa shape index (κ3) is 2.23. The van der Waals surface area contributed by atoms with E-state index in [9.17, 15) is 4.79 Å². The standard InChI is InChI=1S/C14H15NO2/c1-9-6-10(2)14(13(7-9)17-3)12-8-11(16)4-5-15-12/h4-8H,1-3H3,(H,15,16). The summed E-state index contributed by atoms with van der Waals surface area (Å²) in [6.45, 7) is 4.03. The van der Waals surface area contributed by atoms with Crippen molar-refractivity contribution in [3.05, 3.63) is 51.8 Å². The molecule has 0 aliphatic heterocycles. The summed E-state index contributed by atoms with van der Waals surface area (Å²) < 4.78 is 5.38. The van der Waals surface area contributed by atoms with Crippen molar-refractivity contribution >= 4 is 0 Å². The highest BCUT2D eigenvalue weighted by atomic mass is 16.5. The summed E-state index contributed by atoms with van der Waals surface area (Å²) in [4.78, 5) is 14.5. The summed E-state index contributed by atoms with van der Waals surface area (Å²) in [6.07, 6.45) is 1.65. The highest BCUT2D eigenvalue weighted by Crippen LogP contribution is 2.32. The Hall–Kier alpha value is -2.03. The lowest BCUT2D eigenvalue weighted by molar-refractivity contribution is 0.415. The molecule has 3 heteroatoms. The molecule has 0 unspecified atom stereocenters. The molecule has 0 spiro atoms. The zero-order valence-electron chi connectivity index (χ0n) is 10.2. The Morgan fingerprint density at radius 3 is 2.59 bits per heavy atom. The van der Waals surface area contributed by atoms with Gasteiger partial charge in [-0.2, -0.15) is 0 Å². The van der Waals surface area contributed by atoms with E-state index in [1.807, 2.05) is 19.9 Å². The summed E-state index contributed by atoms with van der Waals surface area (Å²) >= 11 is 0. The van der Waals surface area contributed by atoms with E-state index in [0.717, 1.165) is 28.1 Å². The Labute approximate surface area is 100 Å². The first kappa shape index (κ1) is 11.5. The Balaban J connectivity index is 2.70. The Morgan fingerprint density at radius 1 is 1.18 bits per heavy atom. The fraction of sp³-hybridized carbons (Fsp3) is 0.214. The number of pyridine rings is 1. The highest BCUT2D eigenvalue weighted by molar-refractivity contribution is 5.71. The van der Waals surface area contributed by atoms with Gasteiger partial charge in [0.05, 0.1) is 12.8 Å². The van der Waals surface area contributed by atoms with Gasteiger partial charge in [-0.15, -0.1) is 0 Å². The van der Waals surface area contributed by atoms with Crippen LogP contribution in [0.5, 0.6) is 5.75 Å². The maximum atomic E-state index is 11.4. The van der Waals surface area contributed by atoms with Crippen molar-refractivity contribution < 1.29 is 4.74 Å². The van der Waals surface area contributed by atoms with Crippen molar-refractivity contribution in [1.82, 2.24) is 4.98 Å². The smallest absolute Gasteiger partial charge is 0.182 e. The molecule has 1 heterocycles. The number of hydrogen-bond donors (Lipinski definition) is 1. The highest BCUT2D eigenvalue weighted by Gasteiger charge is 2.10. The van der Waals surface area contributed by atoms with Crippen molar-refractivity contribution in [2.24, 2.45) is 0 Å². The van der Waals surface area contributed by atoms with Crippen molar-refractivity contribution in [1.29, 1.82) is 0 Å². The largest absolute Gasteiger partial charge is 0.496 e. The summed E-state index contributed by atoms with van der Waals surface area (Å²) in [5.41, 5.74) is 3.94. The molecule has 0 amide bonds. The maximum absolute atomic E-state index is 11.4. The number of methoxy groups -OCH3 is 1. The molecule has 2 rings (SSSR count). The van der Waals surface area contributed by atoms with Crippen LogP contribution in [0.3, 0.4) is 0 Å². The lowest BCUT2D eigenvalue weighted by Crippen LogP contribution is -2.00. The number of nitrogens with one attached hydrogen (secondary N) is 1. The molecule has 0 aliphatic rings. The molecule has 2 aromatic rings. The summed E-state index contributed by atoms with van der Waals surface area (Å²) in [5.74, 6) is 0.782. The van der Waals surface area contributed by atoms with Gasteiger partial charge in [0.15, 0.2) is 5.43 Å². The number of aromatic amines is 1. The van der Waals surface area contributed by atoms with Gasteiger partial charge in [0.1, 0.15) is 5.75 Å². The van der Waals surface area contributed by atoms with Gasteiger partial charge < -0.3 is 9.72 Å². The van der Waals surface area contributed by atoms with Crippen LogP contribution in [-0.2, 0) is 0 Å². The van der Waals surface area contributed by atoms with Gasteiger partial charge >= 0.3 is 0 Å². The lowest BCUT2D eigenvalue weighted by Gasteiger charge is -2.12. The normalized spacial score (nSPS) is 10.3. The molecular weight excluding hydrogens is 214 g/mol. The SMILES string of the molecule is COc1cc(C)cc(C)c1-c1cc(=O)cc[nH]1. The average Bonchev–Trinajstić information content (AvgIpc) is 2.27. The van der Waals surface area contributed by atoms with E-state index in [4.69, 9.17) is 4.74 Å². The van der Waals surface area contributed by atoms with Gasteiger partial charge in [-0.05, 0) is 31.0 Å². The Morgan fingerprint density at radius 2 is 1.94 bits per heavy atom. The predicted octanol–water partition coefficient (Wildman–Crippen LogP) is 2.67. The molecule has 1 aromatic carbocycles. The third-order valence-electron chi connectivity index (χ3n) is 2.71. The second kappa shape index (κ2) is 4.45. The molecule has 0 saturated carbocycles. The van der Waals surface area contributed by atoms with E-state index in [-0.39, 0.29) is 5.43 Å². The molecule has 3 nitrogen and oxygen atoms in total. The second-order valence-corrected chi connectivity index (χ2v) is 4.10. The Kier molecular flexibility index (Phi) is 3.00. The molecule has 1 N–H and O–H groups in total. The monoisotopic (exact) mass is 229 g/mol. The number of benzene rings is 1. The van der Waals surface area contributed by atoms with Crippen LogP contribution in [0.2, 0.25) is 0 Å². The van der Waals surface area contributed by atoms with Crippen LogP contribution < -0.4 is 10.2 Å². The number of hydrogen-bond acceptors (Lipinski definition) is 2. The van der Waals surface area contributed by atoms with E-state index in [0.29, 0.717) is 0 Å². The first-order chi connectivity index (χ1) is 8.11. The van der Waals surface area contributed by atoms with E-state index < -0.39 is 0 Å². The summed E-state index contributed by atoms with van der Waals surface area (Å²) in [6, 6.07) is 7.12. The van der Waals surface area contributed by atoms with E-state index in [1.54, 1.807) is 19.4 Å². The van der Waals surface area contributed by atoms with Crippen LogP contribution in [0.15, 0.2) is 35.3 Å². The van der Waals surface area contributed by atoms with Crippen LogP contribution >= 0.6 is 0 Å². The van der Waals surface area contributed by atoms with E-state index in [1.165, 1.54) is 6.07 Å². The quantitative estimate of drug-likeness (QED) is 0.860. The molecule has 88 valence electrons. The summed E-state index contributed by atoms with van der Waals surface area (Å²) in [7, 11) is 1.64. The van der Waals surface area contributed by atoms with Crippen molar-refractivity contribution in [2.75, 3.05) is 7.11 Å². The molecule has 1 aromatic heterocycles. The van der Waals surface area contributed by atoms with Crippen LogP contribution in [-0.4, -0.2) is 12.1 Å². The molecule has 0 bridgehead atoms. The summed E-state index contributed by atoms with van der Waals surface area (Å²) in [5, 5.41) is 0. The molecule has 0 saturated heterocycles. The minimum atomic E-state index is -0.0132. The van der Waals surface area contributed by atoms with Gasteiger partial charge in [0.2, 0.25) is 0 Å². The topological polar surface area (TPSA) is 42.1 Å². The predicted molar refractivity (Wildman–Crippen MR) is 68.5 cm³/mol. The number of aromatic nitrogens is 1. The molecule has 0 radical (unpaired) electrons. The number of H-pyrrole nitrogens is 1. The van der Waals surface area contributed by atoms with E-state index in [2.05, 4.69) is 11.1 Å². The number of aryl methyl sites for hydroxylation is 2. The first-order valence-electron chi connectivity index (χ1n) is 5.46. The van der Waals surface area contributed by atoms with Crippen molar-refractivity contribution in [3.8, 4) is 17.0 Å². The molecule has 0 atom stereocenters. The first-order valence-corrected chi connectivity index (χ1v) is 5.46. The number of ether oxygens (including phenoxy) is 1. The van der Waals surface area contributed by atoms with Gasteiger partial charge in [0.25, 0.3) is 0 Å². The van der Waals surface area contributed by atoms with Crippen LogP contribution in [0, 0.1) is 13.8 Å². The van der Waals surface area contributed by atoms with Crippen molar-refractivity contribution in [2.45, 2.75) is 13.8 Å². The van der Waals surface area contributed by atoms with Crippen LogP contribution in [0.25, 0.3) is 11.3 Å². The van der Waals surface area contributed by atoms with Crippen LogP contribution in [0.4, 0.5) is 0 Å². The molecular formula is C14H15NO2. The minimum Gasteiger partial charge on any atom is -0.496 e. The fourth-order valence-electron chi connectivity index (χ4n) is 2.02. The van der Waals surface area contributed by atoms with Gasteiger partial charge in [-0.3, -0.25) is 4.79 Å². The fourth-order valence-corrected chi connectivity index (χ4v) is 2.02. The molecule has 17 heavy (non-hydrogen) atoms. The van der Waals surface area contributed by atoms with E-state index >= 15 is 0 Å². The minimum absolute atomic E-state index is 0.0132. The van der Waals surface area contributed by atoms with Crippen molar-refractivity contribution in [3.63, 3.8) is 0 Å². The van der Waals surface area contributed by atoms with Gasteiger partial charge in [0, 0.05) is 23.9 Å². The number of rotatable bonds is 2.